The molecular formula is C33H57O4P. The van der Waals surface area contributed by atoms with Crippen LogP contribution in [0, 0.1) is 0 Å². The van der Waals surface area contributed by atoms with Crippen LogP contribution in [0.3, 0.4) is 0 Å². The lowest BCUT2D eigenvalue weighted by Gasteiger charge is -2.43. The Morgan fingerprint density at radius 2 is 0.711 bits per heavy atom. The number of hydrogen-bond donors (Lipinski definition) is 0. The molecule has 38 heavy (non-hydrogen) atoms. The largest absolute Gasteiger partial charge is 0.476 e. The van der Waals surface area contributed by atoms with E-state index in [4.69, 9.17) is 13.6 Å². The van der Waals surface area contributed by atoms with E-state index in [1.807, 2.05) is 36.5 Å². The predicted molar refractivity (Wildman–Crippen MR) is 167 cm³/mol. The van der Waals surface area contributed by atoms with Gasteiger partial charge in [-0.15, -0.1) is 39.5 Å². The standard InChI is InChI=1S/C33H57O4P/c1-10-19-28-31(22-13-4,23-14-5)35-38(34,36-32(24-15-6,25-16-7)29-20-11-2)37-33(26-17-8,27-18-9)30-21-12-3/h13-18H,4-12,19-30H2,1-3H3. The van der Waals surface area contributed by atoms with Gasteiger partial charge in [-0.2, -0.15) is 0 Å². The molecule has 0 amide bonds. The van der Waals surface area contributed by atoms with Crippen LogP contribution in [0.2, 0.25) is 0 Å². The second kappa shape index (κ2) is 19.6. The summed E-state index contributed by atoms with van der Waals surface area (Å²) < 4.78 is 35.2. The summed E-state index contributed by atoms with van der Waals surface area (Å²) in [6, 6.07) is 0. The van der Waals surface area contributed by atoms with Crippen LogP contribution in [0.1, 0.15) is 117 Å². The van der Waals surface area contributed by atoms with Gasteiger partial charge < -0.3 is 0 Å². The van der Waals surface area contributed by atoms with Crippen LogP contribution in [-0.4, -0.2) is 16.8 Å². The molecule has 0 saturated carbocycles. The summed E-state index contributed by atoms with van der Waals surface area (Å²) in [6.07, 6.45) is 21.7. The van der Waals surface area contributed by atoms with E-state index in [1.54, 1.807) is 0 Å². The van der Waals surface area contributed by atoms with Crippen LogP contribution in [0.4, 0.5) is 0 Å². The first-order chi connectivity index (χ1) is 18.2. The van der Waals surface area contributed by atoms with Gasteiger partial charge in [0.05, 0.1) is 16.8 Å². The number of hydrogen-bond acceptors (Lipinski definition) is 4. The van der Waals surface area contributed by atoms with Crippen molar-refractivity contribution in [2.45, 2.75) is 134 Å². The van der Waals surface area contributed by atoms with Crippen molar-refractivity contribution in [2.24, 2.45) is 0 Å². The molecule has 0 aromatic carbocycles. The topological polar surface area (TPSA) is 44.8 Å². The molecule has 0 aromatic rings. The van der Waals surface area contributed by atoms with E-state index in [-0.39, 0.29) is 0 Å². The molecule has 0 saturated heterocycles. The minimum Gasteiger partial charge on any atom is -0.280 e. The van der Waals surface area contributed by atoms with Crippen LogP contribution >= 0.6 is 7.82 Å². The Kier molecular flexibility index (Phi) is 18.8. The number of phosphoric ester groups is 1. The van der Waals surface area contributed by atoms with Crippen molar-refractivity contribution < 1.29 is 18.1 Å². The van der Waals surface area contributed by atoms with Crippen molar-refractivity contribution in [3.8, 4) is 0 Å². The van der Waals surface area contributed by atoms with Crippen LogP contribution in [0.25, 0.3) is 0 Å². The third-order valence-electron chi connectivity index (χ3n) is 6.97. The normalized spacial score (nSPS) is 12.6. The molecule has 0 rings (SSSR count). The first kappa shape index (κ1) is 36.5. The average molecular weight is 549 g/mol. The molecule has 4 nitrogen and oxygen atoms in total. The van der Waals surface area contributed by atoms with Crippen molar-refractivity contribution in [2.75, 3.05) is 0 Å². The lowest BCUT2D eigenvalue weighted by molar-refractivity contribution is -0.0723. The van der Waals surface area contributed by atoms with Gasteiger partial charge in [0.1, 0.15) is 0 Å². The molecule has 218 valence electrons. The fourth-order valence-corrected chi connectivity index (χ4v) is 7.32. The molecule has 0 radical (unpaired) electrons. The Hall–Kier alpha value is -1.45. The molecule has 0 aliphatic heterocycles. The monoisotopic (exact) mass is 548 g/mol. The second-order valence-corrected chi connectivity index (χ2v) is 12.0. The third-order valence-corrected chi connectivity index (χ3v) is 8.80. The zero-order valence-electron chi connectivity index (χ0n) is 24.9. The van der Waals surface area contributed by atoms with Crippen molar-refractivity contribution >= 4 is 7.82 Å². The summed E-state index contributed by atoms with van der Waals surface area (Å²) in [7, 11) is -4.17. The number of phosphoric acid groups is 1. The molecule has 0 spiro atoms. The Bertz CT molecular complexity index is 639. The van der Waals surface area contributed by atoms with E-state index >= 15 is 4.57 Å². The van der Waals surface area contributed by atoms with E-state index in [0.717, 1.165) is 38.5 Å². The van der Waals surface area contributed by atoms with Gasteiger partial charge in [-0.3, -0.25) is 13.6 Å². The second-order valence-electron chi connectivity index (χ2n) is 10.5. The Labute approximate surface area is 235 Å². The fraction of sp³-hybridized carbons (Fsp3) is 0.636. The Balaban J connectivity index is 7.04. The molecule has 0 fully saturated rings. The highest BCUT2D eigenvalue weighted by molar-refractivity contribution is 7.48. The SMILES string of the molecule is C=CCC(CC=C)(CCCC)OP(=O)(OC(CC=C)(CC=C)CCCC)OC(CC=C)(CC=C)CCCC. The summed E-state index contributed by atoms with van der Waals surface area (Å²) in [5.41, 5.74) is -2.40. The molecule has 0 unspecified atom stereocenters. The molecule has 5 heteroatoms. The predicted octanol–water partition coefficient (Wildman–Crippen LogP) is 11.4. The smallest absolute Gasteiger partial charge is 0.280 e. The van der Waals surface area contributed by atoms with Gasteiger partial charge in [0.25, 0.3) is 0 Å². The van der Waals surface area contributed by atoms with Crippen molar-refractivity contribution in [1.29, 1.82) is 0 Å². The van der Waals surface area contributed by atoms with Crippen molar-refractivity contribution in [1.82, 2.24) is 0 Å². The van der Waals surface area contributed by atoms with E-state index in [0.29, 0.717) is 57.8 Å². The van der Waals surface area contributed by atoms with Gasteiger partial charge in [-0.05, 0) is 57.8 Å². The summed E-state index contributed by atoms with van der Waals surface area (Å²) in [5.74, 6) is 0. The van der Waals surface area contributed by atoms with E-state index in [9.17, 15) is 0 Å². The van der Waals surface area contributed by atoms with Crippen LogP contribution in [-0.2, 0) is 18.1 Å². The van der Waals surface area contributed by atoms with Crippen molar-refractivity contribution in [3.05, 3.63) is 75.9 Å². The zero-order valence-corrected chi connectivity index (χ0v) is 25.8. The lowest BCUT2D eigenvalue weighted by atomic mass is 9.90. The molecule has 0 aliphatic carbocycles. The molecule has 0 aromatic heterocycles. The third kappa shape index (κ3) is 12.6. The number of rotatable bonds is 27. The fourth-order valence-electron chi connectivity index (χ4n) is 5.07. The zero-order chi connectivity index (χ0) is 29.0. The Morgan fingerprint density at radius 1 is 0.500 bits per heavy atom. The van der Waals surface area contributed by atoms with Gasteiger partial charge in [0.15, 0.2) is 0 Å². The van der Waals surface area contributed by atoms with Gasteiger partial charge in [-0.25, -0.2) is 4.57 Å². The summed E-state index contributed by atoms with van der Waals surface area (Å²) >= 11 is 0. The molecular weight excluding hydrogens is 491 g/mol. The van der Waals surface area contributed by atoms with Gasteiger partial charge in [0.2, 0.25) is 0 Å². The summed E-state index contributed by atoms with van der Waals surface area (Å²) in [5, 5.41) is 0. The van der Waals surface area contributed by atoms with Crippen LogP contribution < -0.4 is 0 Å². The molecule has 0 bridgehead atoms. The molecule has 0 N–H and O–H groups in total. The number of unbranched alkanes of at least 4 members (excludes halogenated alkanes) is 3. The Morgan fingerprint density at radius 3 is 0.868 bits per heavy atom. The molecule has 0 aliphatic rings. The summed E-state index contributed by atoms with van der Waals surface area (Å²) in [6.45, 7) is 30.2. The van der Waals surface area contributed by atoms with Crippen molar-refractivity contribution in [3.63, 3.8) is 0 Å². The highest BCUT2D eigenvalue weighted by Crippen LogP contribution is 2.62. The maximum absolute atomic E-state index is 15.1. The lowest BCUT2D eigenvalue weighted by Crippen LogP contribution is -2.39. The van der Waals surface area contributed by atoms with Gasteiger partial charge >= 0.3 is 7.82 Å². The quantitative estimate of drug-likeness (QED) is 0.0756. The van der Waals surface area contributed by atoms with Crippen LogP contribution in [0.15, 0.2) is 75.9 Å². The minimum absolute atomic E-state index is 0.505. The van der Waals surface area contributed by atoms with Gasteiger partial charge in [0, 0.05) is 0 Å². The first-order valence-electron chi connectivity index (χ1n) is 14.5. The van der Waals surface area contributed by atoms with E-state index < -0.39 is 24.6 Å². The highest BCUT2D eigenvalue weighted by atomic mass is 31.2. The first-order valence-corrected chi connectivity index (χ1v) is 16.0. The average Bonchev–Trinajstić information content (AvgIpc) is 2.86. The van der Waals surface area contributed by atoms with E-state index in [2.05, 4.69) is 60.2 Å². The maximum atomic E-state index is 15.1. The maximum Gasteiger partial charge on any atom is 0.476 e. The highest BCUT2D eigenvalue weighted by Gasteiger charge is 2.49. The molecule has 0 atom stereocenters. The summed E-state index contributed by atoms with van der Waals surface area (Å²) in [4.78, 5) is 0. The molecule has 0 heterocycles. The van der Waals surface area contributed by atoms with Gasteiger partial charge in [-0.1, -0.05) is 95.8 Å². The van der Waals surface area contributed by atoms with Crippen LogP contribution in [0.5, 0.6) is 0 Å². The van der Waals surface area contributed by atoms with E-state index in [1.165, 1.54) is 0 Å². The minimum atomic E-state index is -4.17.